The minimum absolute atomic E-state index is 0.0351. The quantitative estimate of drug-likeness (QED) is 0.405. The molecule has 28 heavy (non-hydrogen) atoms. The van der Waals surface area contributed by atoms with E-state index in [0.29, 0.717) is 17.7 Å². The van der Waals surface area contributed by atoms with Gasteiger partial charge >= 0.3 is 0 Å². The van der Waals surface area contributed by atoms with Gasteiger partial charge in [0.2, 0.25) is 0 Å². The second-order valence-corrected chi connectivity index (χ2v) is 6.34. The number of aryl methyl sites for hydroxylation is 2. The third-order valence-electron chi connectivity index (χ3n) is 4.09. The normalized spacial score (nSPS) is 10.9. The van der Waals surface area contributed by atoms with E-state index in [1.54, 1.807) is 30.3 Å². The number of carbonyl (C=O) groups excluding carboxylic acids is 1. The molecule has 1 heterocycles. The van der Waals surface area contributed by atoms with Gasteiger partial charge in [-0.2, -0.15) is 10.2 Å². The van der Waals surface area contributed by atoms with Gasteiger partial charge in [0.05, 0.1) is 23.4 Å². The van der Waals surface area contributed by atoms with E-state index in [1.165, 1.54) is 18.3 Å². The van der Waals surface area contributed by atoms with Crippen molar-refractivity contribution in [2.24, 2.45) is 5.10 Å². The topological polar surface area (TPSA) is 102 Å². The Labute approximate surface area is 161 Å². The van der Waals surface area contributed by atoms with Crippen molar-refractivity contribution in [2.75, 3.05) is 0 Å². The Balaban J connectivity index is 1.67. The number of hydrogen-bond acceptors (Lipinski definition) is 5. The van der Waals surface area contributed by atoms with Crippen LogP contribution in [0.1, 0.15) is 32.9 Å². The maximum Gasteiger partial charge on any atom is 0.271 e. The Morgan fingerprint density at radius 1 is 1.21 bits per heavy atom. The molecule has 0 bridgehead atoms. The summed E-state index contributed by atoms with van der Waals surface area (Å²) in [6.45, 7) is 4.49. The molecule has 1 amide bonds. The maximum absolute atomic E-state index is 12.3. The van der Waals surface area contributed by atoms with Crippen LogP contribution in [0.2, 0.25) is 0 Å². The predicted octanol–water partition coefficient (Wildman–Crippen LogP) is 3.22. The van der Waals surface area contributed by atoms with Gasteiger partial charge in [0.1, 0.15) is 0 Å². The fourth-order valence-electron chi connectivity index (χ4n) is 2.77. The third-order valence-corrected chi connectivity index (χ3v) is 4.09. The van der Waals surface area contributed by atoms with Crippen LogP contribution >= 0.6 is 0 Å². The van der Waals surface area contributed by atoms with Crippen LogP contribution in [0.15, 0.2) is 59.7 Å². The lowest BCUT2D eigenvalue weighted by molar-refractivity contribution is -0.384. The van der Waals surface area contributed by atoms with E-state index in [1.807, 2.05) is 30.7 Å². The first-order valence-electron chi connectivity index (χ1n) is 8.60. The molecule has 3 rings (SSSR count). The largest absolute Gasteiger partial charge is 0.271 e. The summed E-state index contributed by atoms with van der Waals surface area (Å²) < 4.78 is 1.88. The number of hydrazone groups is 1. The average molecular weight is 377 g/mol. The summed E-state index contributed by atoms with van der Waals surface area (Å²) in [6, 6.07) is 15.2. The van der Waals surface area contributed by atoms with Crippen molar-refractivity contribution in [2.45, 2.75) is 20.4 Å². The van der Waals surface area contributed by atoms with Crippen LogP contribution in [-0.2, 0) is 6.54 Å². The minimum atomic E-state index is -0.482. The predicted molar refractivity (Wildman–Crippen MR) is 105 cm³/mol. The highest BCUT2D eigenvalue weighted by Crippen LogP contribution is 2.12. The van der Waals surface area contributed by atoms with Crippen molar-refractivity contribution in [3.63, 3.8) is 0 Å². The molecule has 3 aromatic rings. The minimum Gasteiger partial charge on any atom is -0.267 e. The molecule has 0 spiro atoms. The van der Waals surface area contributed by atoms with Crippen LogP contribution in [0.4, 0.5) is 5.69 Å². The van der Waals surface area contributed by atoms with Crippen molar-refractivity contribution >= 4 is 17.8 Å². The van der Waals surface area contributed by atoms with Gasteiger partial charge in [0.25, 0.3) is 11.6 Å². The molecule has 0 unspecified atom stereocenters. The summed E-state index contributed by atoms with van der Waals surface area (Å²) in [5.74, 6) is -0.364. The van der Waals surface area contributed by atoms with E-state index < -0.39 is 4.92 Å². The van der Waals surface area contributed by atoms with Crippen molar-refractivity contribution in [3.8, 4) is 0 Å². The number of benzene rings is 2. The lowest BCUT2D eigenvalue weighted by Gasteiger charge is -2.06. The zero-order chi connectivity index (χ0) is 20.1. The lowest BCUT2D eigenvalue weighted by atomic mass is 10.1. The molecule has 0 saturated heterocycles. The third kappa shape index (κ3) is 4.67. The molecule has 0 aliphatic carbocycles. The second kappa shape index (κ2) is 8.26. The molecule has 1 N–H and O–H groups in total. The average Bonchev–Trinajstić information content (AvgIpc) is 2.99. The van der Waals surface area contributed by atoms with E-state index in [-0.39, 0.29) is 11.6 Å². The van der Waals surface area contributed by atoms with E-state index in [0.717, 1.165) is 17.0 Å². The maximum atomic E-state index is 12.3. The summed E-state index contributed by atoms with van der Waals surface area (Å²) in [5.41, 5.74) is 6.34. The fraction of sp³-hybridized carbons (Fsp3) is 0.150. The van der Waals surface area contributed by atoms with Crippen molar-refractivity contribution in [1.29, 1.82) is 0 Å². The second-order valence-electron chi connectivity index (χ2n) is 6.34. The first-order valence-corrected chi connectivity index (χ1v) is 8.60. The SMILES string of the molecule is Cc1cc(C)n(Cc2cccc(C(=O)N/N=C/c3cccc([N+](=O)[O-])c3)c2)n1. The van der Waals surface area contributed by atoms with E-state index in [2.05, 4.69) is 15.6 Å². The van der Waals surface area contributed by atoms with Gasteiger partial charge in [-0.1, -0.05) is 24.3 Å². The summed E-state index contributed by atoms with van der Waals surface area (Å²) >= 11 is 0. The number of hydrogen-bond donors (Lipinski definition) is 1. The van der Waals surface area contributed by atoms with Gasteiger partial charge < -0.3 is 0 Å². The molecule has 1 aromatic heterocycles. The molecule has 142 valence electrons. The Morgan fingerprint density at radius 3 is 2.71 bits per heavy atom. The van der Waals surface area contributed by atoms with Crippen LogP contribution in [0.3, 0.4) is 0 Å². The Hall–Kier alpha value is -3.81. The van der Waals surface area contributed by atoms with Crippen molar-refractivity contribution in [3.05, 3.63) is 92.8 Å². The number of aromatic nitrogens is 2. The molecule has 0 atom stereocenters. The molecular weight excluding hydrogens is 358 g/mol. The molecule has 0 aliphatic heterocycles. The van der Waals surface area contributed by atoms with Gasteiger partial charge in [-0.3, -0.25) is 19.6 Å². The number of nitrogens with zero attached hydrogens (tertiary/aromatic N) is 4. The smallest absolute Gasteiger partial charge is 0.267 e. The first-order chi connectivity index (χ1) is 13.4. The molecule has 0 saturated carbocycles. The molecule has 8 heteroatoms. The number of rotatable bonds is 6. The first kappa shape index (κ1) is 19.0. The van der Waals surface area contributed by atoms with Gasteiger partial charge in [-0.05, 0) is 37.6 Å². The molecule has 0 radical (unpaired) electrons. The summed E-state index contributed by atoms with van der Waals surface area (Å²) in [7, 11) is 0. The number of non-ortho nitro benzene ring substituents is 1. The Kier molecular flexibility index (Phi) is 5.59. The van der Waals surface area contributed by atoms with Crippen molar-refractivity contribution < 1.29 is 9.72 Å². The van der Waals surface area contributed by atoms with Crippen LogP contribution in [0.5, 0.6) is 0 Å². The van der Waals surface area contributed by atoms with Crippen molar-refractivity contribution in [1.82, 2.24) is 15.2 Å². The standard InChI is InChI=1S/C20H19N5O3/c1-14-9-15(2)24(23-14)13-17-6-3-7-18(10-17)20(26)22-21-12-16-5-4-8-19(11-16)25(27)28/h3-12H,13H2,1-2H3,(H,22,26)/b21-12+. The number of nitrogens with one attached hydrogen (secondary N) is 1. The molecule has 0 aliphatic rings. The van der Waals surface area contributed by atoms with E-state index in [4.69, 9.17) is 0 Å². The van der Waals surface area contributed by atoms with Crippen LogP contribution in [-0.4, -0.2) is 26.8 Å². The molecule has 2 aromatic carbocycles. The number of amides is 1. The molecular formula is C20H19N5O3. The Bertz CT molecular complexity index is 1060. The van der Waals surface area contributed by atoms with Gasteiger partial charge in [0.15, 0.2) is 0 Å². The highest BCUT2D eigenvalue weighted by Gasteiger charge is 2.08. The van der Waals surface area contributed by atoms with Crippen LogP contribution in [0.25, 0.3) is 0 Å². The summed E-state index contributed by atoms with van der Waals surface area (Å²) in [4.78, 5) is 22.6. The Morgan fingerprint density at radius 2 is 2.00 bits per heavy atom. The highest BCUT2D eigenvalue weighted by molar-refractivity contribution is 5.95. The molecule has 0 fully saturated rings. The van der Waals surface area contributed by atoms with E-state index >= 15 is 0 Å². The van der Waals surface area contributed by atoms with Crippen LogP contribution in [0, 0.1) is 24.0 Å². The number of carbonyl (C=O) groups is 1. The summed E-state index contributed by atoms with van der Waals surface area (Å²) in [5, 5.41) is 19.1. The van der Waals surface area contributed by atoms with Crippen LogP contribution < -0.4 is 5.43 Å². The zero-order valence-corrected chi connectivity index (χ0v) is 15.5. The van der Waals surface area contributed by atoms with Gasteiger partial charge in [-0.15, -0.1) is 0 Å². The van der Waals surface area contributed by atoms with E-state index in [9.17, 15) is 14.9 Å². The fourth-order valence-corrected chi connectivity index (χ4v) is 2.77. The lowest BCUT2D eigenvalue weighted by Crippen LogP contribution is -2.18. The summed E-state index contributed by atoms with van der Waals surface area (Å²) in [6.07, 6.45) is 1.37. The number of nitro benzene ring substituents is 1. The van der Waals surface area contributed by atoms with Gasteiger partial charge in [-0.25, -0.2) is 5.43 Å². The number of nitro groups is 1. The van der Waals surface area contributed by atoms with Gasteiger partial charge in [0, 0.05) is 29.0 Å². The molecule has 8 nitrogen and oxygen atoms in total. The zero-order valence-electron chi connectivity index (χ0n) is 15.5. The monoisotopic (exact) mass is 377 g/mol. The highest BCUT2D eigenvalue weighted by atomic mass is 16.6.